The summed E-state index contributed by atoms with van der Waals surface area (Å²) in [5.41, 5.74) is 2.56. The van der Waals surface area contributed by atoms with Crippen LogP contribution in [0.15, 0.2) is 60.7 Å². The number of anilines is 2. The molecule has 0 fully saturated rings. The Morgan fingerprint density at radius 2 is 1.62 bits per heavy atom. The number of nitrogens with zero attached hydrogens (tertiary/aromatic N) is 1. The minimum absolute atomic E-state index is 0.0203. The van der Waals surface area contributed by atoms with Gasteiger partial charge < -0.3 is 4.74 Å². The Bertz CT molecular complexity index is 847. The number of benzene rings is 3. The molecule has 21 heavy (non-hydrogen) atoms. The highest BCUT2D eigenvalue weighted by Crippen LogP contribution is 2.41. The van der Waals surface area contributed by atoms with Crippen LogP contribution < -0.4 is 9.64 Å². The maximum atomic E-state index is 12.7. The molecule has 0 atom stereocenters. The Hall–Kier alpha value is -2.81. The van der Waals surface area contributed by atoms with Gasteiger partial charge in [0.25, 0.3) is 5.91 Å². The van der Waals surface area contributed by atoms with Crippen molar-refractivity contribution in [2.75, 3.05) is 12.0 Å². The first-order valence-corrected chi connectivity index (χ1v) is 6.80. The first kappa shape index (κ1) is 12.0. The Kier molecular flexibility index (Phi) is 2.48. The van der Waals surface area contributed by atoms with Crippen LogP contribution in [-0.2, 0) is 0 Å². The minimum Gasteiger partial charge on any atom is -0.497 e. The molecule has 1 amide bonds. The summed E-state index contributed by atoms with van der Waals surface area (Å²) in [5, 5.41) is 2.12. The third-order valence-corrected chi connectivity index (χ3v) is 3.89. The van der Waals surface area contributed by atoms with Crippen LogP contribution in [0.2, 0.25) is 0 Å². The average Bonchev–Trinajstić information content (AvgIpc) is 2.83. The molecule has 102 valence electrons. The van der Waals surface area contributed by atoms with E-state index in [0.29, 0.717) is 0 Å². The lowest BCUT2D eigenvalue weighted by Crippen LogP contribution is -2.20. The second-order valence-corrected chi connectivity index (χ2v) is 5.02. The van der Waals surface area contributed by atoms with E-state index in [-0.39, 0.29) is 5.91 Å². The van der Waals surface area contributed by atoms with Crippen molar-refractivity contribution < 1.29 is 9.53 Å². The summed E-state index contributed by atoms with van der Waals surface area (Å²) >= 11 is 0. The fourth-order valence-corrected chi connectivity index (χ4v) is 2.90. The van der Waals surface area contributed by atoms with Crippen LogP contribution in [0.25, 0.3) is 10.8 Å². The first-order valence-electron chi connectivity index (χ1n) is 6.80. The molecule has 0 aliphatic carbocycles. The van der Waals surface area contributed by atoms with Crippen molar-refractivity contribution in [3.63, 3.8) is 0 Å². The highest BCUT2D eigenvalue weighted by molar-refractivity contribution is 6.27. The van der Waals surface area contributed by atoms with E-state index in [1.807, 2.05) is 60.7 Å². The summed E-state index contributed by atoms with van der Waals surface area (Å²) in [5.74, 6) is 0.799. The number of ether oxygens (including phenoxy) is 1. The van der Waals surface area contributed by atoms with Gasteiger partial charge in [-0.25, -0.2) is 0 Å². The molecular weight excluding hydrogens is 262 g/mol. The molecule has 0 saturated heterocycles. The zero-order chi connectivity index (χ0) is 14.4. The van der Waals surface area contributed by atoms with Crippen molar-refractivity contribution in [1.82, 2.24) is 0 Å². The van der Waals surface area contributed by atoms with Gasteiger partial charge in [0, 0.05) is 11.1 Å². The molecule has 0 saturated carbocycles. The van der Waals surface area contributed by atoms with Gasteiger partial charge in [0.05, 0.1) is 18.4 Å². The van der Waals surface area contributed by atoms with E-state index in [4.69, 9.17) is 4.74 Å². The van der Waals surface area contributed by atoms with Gasteiger partial charge in [0.1, 0.15) is 5.75 Å². The Morgan fingerprint density at radius 3 is 2.33 bits per heavy atom. The number of carbonyl (C=O) groups is 1. The van der Waals surface area contributed by atoms with Gasteiger partial charge in [0.2, 0.25) is 0 Å². The zero-order valence-corrected chi connectivity index (χ0v) is 11.5. The van der Waals surface area contributed by atoms with Crippen molar-refractivity contribution in [3.05, 3.63) is 66.2 Å². The van der Waals surface area contributed by atoms with Crippen LogP contribution in [0, 0.1) is 0 Å². The van der Waals surface area contributed by atoms with Crippen LogP contribution in [0.4, 0.5) is 11.4 Å². The molecule has 0 spiro atoms. The van der Waals surface area contributed by atoms with Crippen LogP contribution in [0.5, 0.6) is 5.75 Å². The first-order chi connectivity index (χ1) is 10.3. The van der Waals surface area contributed by atoms with E-state index >= 15 is 0 Å². The fourth-order valence-electron chi connectivity index (χ4n) is 2.90. The third kappa shape index (κ3) is 1.64. The second kappa shape index (κ2) is 4.35. The summed E-state index contributed by atoms with van der Waals surface area (Å²) in [7, 11) is 1.63. The van der Waals surface area contributed by atoms with Gasteiger partial charge in [-0.05, 0) is 41.8 Å². The molecular formula is C18H13NO2. The fraction of sp³-hybridized carbons (Fsp3) is 0.0556. The van der Waals surface area contributed by atoms with Crippen LogP contribution in [-0.4, -0.2) is 13.0 Å². The van der Waals surface area contributed by atoms with Crippen molar-refractivity contribution in [2.24, 2.45) is 0 Å². The molecule has 3 heteroatoms. The number of carbonyl (C=O) groups excluding carboxylic acids is 1. The Balaban J connectivity index is 1.92. The topological polar surface area (TPSA) is 29.5 Å². The maximum Gasteiger partial charge on any atom is 0.263 e. The van der Waals surface area contributed by atoms with Crippen LogP contribution >= 0.6 is 0 Å². The van der Waals surface area contributed by atoms with E-state index in [1.165, 1.54) is 0 Å². The summed E-state index contributed by atoms with van der Waals surface area (Å²) in [6.45, 7) is 0. The average molecular weight is 275 g/mol. The predicted molar refractivity (Wildman–Crippen MR) is 83.4 cm³/mol. The van der Waals surface area contributed by atoms with Crippen molar-refractivity contribution >= 4 is 28.1 Å². The summed E-state index contributed by atoms with van der Waals surface area (Å²) < 4.78 is 5.17. The molecule has 1 aliphatic heterocycles. The molecule has 0 aromatic heterocycles. The largest absolute Gasteiger partial charge is 0.497 e. The van der Waals surface area contributed by atoms with E-state index in [0.717, 1.165) is 33.5 Å². The molecule has 0 bridgehead atoms. The summed E-state index contributed by atoms with van der Waals surface area (Å²) in [6, 6.07) is 19.4. The molecule has 4 rings (SSSR count). The van der Waals surface area contributed by atoms with E-state index in [9.17, 15) is 4.79 Å². The molecule has 0 N–H and O–H groups in total. The molecule has 1 heterocycles. The minimum atomic E-state index is 0.0203. The highest BCUT2D eigenvalue weighted by atomic mass is 16.5. The zero-order valence-electron chi connectivity index (χ0n) is 11.5. The number of hydrogen-bond donors (Lipinski definition) is 0. The second-order valence-electron chi connectivity index (χ2n) is 5.02. The lowest BCUT2D eigenvalue weighted by atomic mass is 10.1. The van der Waals surface area contributed by atoms with E-state index in [2.05, 4.69) is 0 Å². The molecule has 1 aliphatic rings. The van der Waals surface area contributed by atoms with Crippen LogP contribution in [0.3, 0.4) is 0 Å². The van der Waals surface area contributed by atoms with E-state index in [1.54, 1.807) is 12.0 Å². The third-order valence-electron chi connectivity index (χ3n) is 3.89. The molecule has 0 radical (unpaired) electrons. The molecule has 3 aromatic carbocycles. The Labute approximate surface area is 122 Å². The normalized spacial score (nSPS) is 13.0. The Morgan fingerprint density at radius 1 is 0.905 bits per heavy atom. The van der Waals surface area contributed by atoms with Crippen molar-refractivity contribution in [2.45, 2.75) is 0 Å². The molecule has 3 nitrogen and oxygen atoms in total. The van der Waals surface area contributed by atoms with Crippen molar-refractivity contribution in [1.29, 1.82) is 0 Å². The van der Waals surface area contributed by atoms with Gasteiger partial charge in [-0.2, -0.15) is 0 Å². The number of hydrogen-bond acceptors (Lipinski definition) is 2. The quantitative estimate of drug-likeness (QED) is 0.703. The predicted octanol–water partition coefficient (Wildman–Crippen LogP) is 4.14. The monoisotopic (exact) mass is 275 g/mol. The lowest BCUT2D eigenvalue weighted by Gasteiger charge is -2.18. The highest BCUT2D eigenvalue weighted by Gasteiger charge is 2.30. The molecule has 3 aromatic rings. The SMILES string of the molecule is COc1ccc(N2C(=O)c3cccc4cccc2c34)cc1. The van der Waals surface area contributed by atoms with Gasteiger partial charge in [-0.3, -0.25) is 9.69 Å². The van der Waals surface area contributed by atoms with Gasteiger partial charge in [-0.15, -0.1) is 0 Å². The smallest absolute Gasteiger partial charge is 0.263 e. The number of amides is 1. The standard InChI is InChI=1S/C18H13NO2/c1-21-14-10-8-13(9-11-14)19-16-7-3-5-12-4-2-6-15(17(12)16)18(19)20/h2-11H,1H3. The van der Waals surface area contributed by atoms with Crippen LogP contribution in [0.1, 0.15) is 10.4 Å². The lowest BCUT2D eigenvalue weighted by molar-refractivity contribution is 0.100. The molecule has 0 unspecified atom stereocenters. The maximum absolute atomic E-state index is 12.7. The number of methoxy groups -OCH3 is 1. The van der Waals surface area contributed by atoms with Crippen molar-refractivity contribution in [3.8, 4) is 5.75 Å². The summed E-state index contributed by atoms with van der Waals surface area (Å²) in [4.78, 5) is 14.5. The van der Waals surface area contributed by atoms with Gasteiger partial charge in [0.15, 0.2) is 0 Å². The van der Waals surface area contributed by atoms with Gasteiger partial charge >= 0.3 is 0 Å². The number of rotatable bonds is 2. The van der Waals surface area contributed by atoms with E-state index < -0.39 is 0 Å². The van der Waals surface area contributed by atoms with Gasteiger partial charge in [-0.1, -0.05) is 24.3 Å². The summed E-state index contributed by atoms with van der Waals surface area (Å²) in [6.07, 6.45) is 0.